The number of nitrogens with zero attached hydrogens (tertiary/aromatic N) is 4. The Hall–Kier alpha value is -2.82. The van der Waals surface area contributed by atoms with Crippen LogP contribution in [0.3, 0.4) is 0 Å². The molecule has 33 heavy (non-hydrogen) atoms. The van der Waals surface area contributed by atoms with Crippen molar-refractivity contribution in [3.63, 3.8) is 0 Å². The topological polar surface area (TPSA) is 108 Å². The van der Waals surface area contributed by atoms with Crippen LogP contribution in [0, 0.1) is 6.92 Å². The highest BCUT2D eigenvalue weighted by Crippen LogP contribution is 2.34. The number of hydrogen-bond acceptors (Lipinski definition) is 9. The van der Waals surface area contributed by atoms with Gasteiger partial charge in [0.25, 0.3) is 11.1 Å². The molecule has 0 radical (unpaired) electrons. The maximum Gasteiger partial charge on any atom is 0.296 e. The van der Waals surface area contributed by atoms with E-state index in [1.54, 1.807) is 19.2 Å². The summed E-state index contributed by atoms with van der Waals surface area (Å²) in [6.45, 7) is 1.84. The van der Waals surface area contributed by atoms with Crippen molar-refractivity contribution >= 4 is 34.0 Å². The Morgan fingerprint density at radius 1 is 1.12 bits per heavy atom. The summed E-state index contributed by atoms with van der Waals surface area (Å²) in [6.07, 6.45) is 7.08. The average Bonchev–Trinajstić information content (AvgIpc) is 3.25. The zero-order valence-corrected chi connectivity index (χ0v) is 20.1. The van der Waals surface area contributed by atoms with Crippen molar-refractivity contribution in [3.05, 3.63) is 40.9 Å². The highest BCUT2D eigenvalue weighted by molar-refractivity contribution is 7.17. The number of pyridine rings is 2. The molecule has 0 saturated heterocycles. The van der Waals surface area contributed by atoms with Crippen molar-refractivity contribution in [1.82, 2.24) is 20.2 Å². The number of ether oxygens (including phenoxy) is 3. The second kappa shape index (κ2) is 10.4. The van der Waals surface area contributed by atoms with Crippen LogP contribution in [0.4, 0.5) is 5.13 Å². The fraction of sp³-hybridized carbons (Fsp3) is 0.409. The van der Waals surface area contributed by atoms with Crippen LogP contribution in [-0.2, 0) is 4.74 Å². The molecule has 0 unspecified atom stereocenters. The van der Waals surface area contributed by atoms with Gasteiger partial charge in [0.1, 0.15) is 17.0 Å². The SMILES string of the molecule is COc1cnc(Cl)cc1-c1cc(C)ncc1C(=O)Nc1nnc(O[C@H]2CCC[C@@H](OC)C2)s1. The van der Waals surface area contributed by atoms with Gasteiger partial charge in [-0.2, -0.15) is 0 Å². The van der Waals surface area contributed by atoms with Gasteiger partial charge in [0.2, 0.25) is 5.13 Å². The van der Waals surface area contributed by atoms with Crippen molar-refractivity contribution in [1.29, 1.82) is 0 Å². The van der Waals surface area contributed by atoms with Crippen molar-refractivity contribution in [2.45, 2.75) is 44.8 Å². The average molecular weight is 490 g/mol. The fourth-order valence-corrected chi connectivity index (χ4v) is 4.61. The lowest BCUT2D eigenvalue weighted by Gasteiger charge is -2.27. The molecule has 1 aliphatic rings. The second-order valence-electron chi connectivity index (χ2n) is 7.67. The first-order chi connectivity index (χ1) is 16.0. The van der Waals surface area contributed by atoms with Gasteiger partial charge in [-0.25, -0.2) is 4.98 Å². The molecule has 9 nitrogen and oxygen atoms in total. The standard InChI is InChI=1S/C22H24ClN5O4S/c1-12-7-15(16-9-19(23)25-11-18(16)31-3)17(10-24-12)20(29)26-21-27-28-22(33-21)32-14-6-4-5-13(8-14)30-2/h7,9-11,13-14H,4-6,8H2,1-3H3,(H,26,27,29)/t13-,14+/m1/s1. The Balaban J connectivity index is 1.53. The largest absolute Gasteiger partial charge is 0.494 e. The van der Waals surface area contributed by atoms with Crippen molar-refractivity contribution < 1.29 is 19.0 Å². The van der Waals surface area contributed by atoms with Crippen molar-refractivity contribution in [3.8, 4) is 22.1 Å². The summed E-state index contributed by atoms with van der Waals surface area (Å²) in [5, 5.41) is 12.0. The summed E-state index contributed by atoms with van der Waals surface area (Å²) in [4.78, 5) is 21.5. The van der Waals surface area contributed by atoms with Gasteiger partial charge in [-0.1, -0.05) is 16.7 Å². The molecule has 0 aromatic carbocycles. The van der Waals surface area contributed by atoms with E-state index < -0.39 is 0 Å². The predicted octanol–water partition coefficient (Wildman–Crippen LogP) is 4.55. The van der Waals surface area contributed by atoms with Gasteiger partial charge < -0.3 is 14.2 Å². The number of methoxy groups -OCH3 is 2. The Morgan fingerprint density at radius 3 is 2.73 bits per heavy atom. The minimum absolute atomic E-state index is 0.0250. The van der Waals surface area contributed by atoms with E-state index in [1.807, 2.05) is 6.92 Å². The zero-order chi connectivity index (χ0) is 23.4. The fourth-order valence-electron chi connectivity index (χ4n) is 3.79. The number of halogens is 1. The number of rotatable bonds is 7. The molecule has 174 valence electrons. The van der Waals surface area contributed by atoms with Gasteiger partial charge in [0.05, 0.1) is 25.0 Å². The third kappa shape index (κ3) is 5.58. The maximum atomic E-state index is 13.1. The van der Waals surface area contributed by atoms with Crippen LogP contribution in [0.5, 0.6) is 10.9 Å². The molecule has 11 heteroatoms. The van der Waals surface area contributed by atoms with E-state index in [1.165, 1.54) is 30.8 Å². The Kier molecular flexibility index (Phi) is 7.36. The maximum absolute atomic E-state index is 13.1. The summed E-state index contributed by atoms with van der Waals surface area (Å²) >= 11 is 7.28. The number of nitrogens with one attached hydrogen (secondary N) is 1. The summed E-state index contributed by atoms with van der Waals surface area (Å²) in [6, 6.07) is 3.45. The van der Waals surface area contributed by atoms with Crippen LogP contribution in [0.25, 0.3) is 11.1 Å². The van der Waals surface area contributed by atoms with Crippen LogP contribution < -0.4 is 14.8 Å². The minimum atomic E-state index is -0.382. The number of carbonyl (C=O) groups is 1. The monoisotopic (exact) mass is 489 g/mol. The second-order valence-corrected chi connectivity index (χ2v) is 9.00. The zero-order valence-electron chi connectivity index (χ0n) is 18.5. The summed E-state index contributed by atoms with van der Waals surface area (Å²) in [5.41, 5.74) is 2.34. The Bertz CT molecular complexity index is 1140. The van der Waals surface area contributed by atoms with Crippen LogP contribution in [0.15, 0.2) is 24.5 Å². The smallest absolute Gasteiger partial charge is 0.296 e. The third-order valence-electron chi connectivity index (χ3n) is 5.44. The summed E-state index contributed by atoms with van der Waals surface area (Å²) < 4.78 is 16.8. The molecule has 2 atom stereocenters. The lowest BCUT2D eigenvalue weighted by atomic mass is 9.95. The number of carbonyl (C=O) groups excluding carboxylic acids is 1. The molecular formula is C22H24ClN5O4S. The number of amides is 1. The highest BCUT2D eigenvalue weighted by Gasteiger charge is 2.25. The first-order valence-corrected chi connectivity index (χ1v) is 11.7. The number of aryl methyl sites for hydroxylation is 1. The molecule has 1 amide bonds. The molecule has 0 spiro atoms. The van der Waals surface area contributed by atoms with Crippen LogP contribution in [0.1, 0.15) is 41.7 Å². The molecule has 3 aromatic heterocycles. The molecule has 1 saturated carbocycles. The number of anilines is 1. The van der Waals surface area contributed by atoms with Gasteiger partial charge in [0, 0.05) is 36.5 Å². The normalized spacial score (nSPS) is 18.1. The lowest BCUT2D eigenvalue weighted by Crippen LogP contribution is -2.29. The molecule has 1 N–H and O–H groups in total. The molecule has 0 bridgehead atoms. The van der Waals surface area contributed by atoms with Gasteiger partial charge in [-0.15, -0.1) is 5.10 Å². The highest BCUT2D eigenvalue weighted by atomic mass is 35.5. The van der Waals surface area contributed by atoms with Crippen molar-refractivity contribution in [2.24, 2.45) is 0 Å². The van der Waals surface area contributed by atoms with Crippen molar-refractivity contribution in [2.75, 3.05) is 19.5 Å². The van der Waals surface area contributed by atoms with Gasteiger partial charge in [0.15, 0.2) is 0 Å². The van der Waals surface area contributed by atoms with Crippen LogP contribution in [0.2, 0.25) is 5.15 Å². The van der Waals surface area contributed by atoms with E-state index in [0.29, 0.717) is 32.8 Å². The third-order valence-corrected chi connectivity index (χ3v) is 6.37. The van der Waals surface area contributed by atoms with E-state index in [2.05, 4.69) is 25.5 Å². The molecule has 1 aliphatic carbocycles. The molecule has 3 heterocycles. The predicted molar refractivity (Wildman–Crippen MR) is 125 cm³/mol. The first kappa shape index (κ1) is 23.3. The molecule has 4 rings (SSSR count). The molecule has 1 fully saturated rings. The minimum Gasteiger partial charge on any atom is -0.494 e. The van der Waals surface area contributed by atoms with Gasteiger partial charge >= 0.3 is 0 Å². The Morgan fingerprint density at radius 2 is 1.94 bits per heavy atom. The number of aromatic nitrogens is 4. The molecular weight excluding hydrogens is 466 g/mol. The summed E-state index contributed by atoms with van der Waals surface area (Å²) in [7, 11) is 3.25. The van der Waals surface area contributed by atoms with Gasteiger partial charge in [-0.05, 0) is 49.7 Å². The summed E-state index contributed by atoms with van der Waals surface area (Å²) in [5.74, 6) is 0.111. The quantitative estimate of drug-likeness (QED) is 0.481. The first-order valence-electron chi connectivity index (χ1n) is 10.5. The van der Waals surface area contributed by atoms with E-state index in [9.17, 15) is 4.79 Å². The van der Waals surface area contributed by atoms with Crippen LogP contribution >= 0.6 is 22.9 Å². The lowest BCUT2D eigenvalue weighted by molar-refractivity contribution is 0.0207. The van der Waals surface area contributed by atoms with Crippen LogP contribution in [-0.4, -0.2) is 52.5 Å². The molecule has 3 aromatic rings. The van der Waals surface area contributed by atoms with E-state index in [4.69, 9.17) is 25.8 Å². The van der Waals surface area contributed by atoms with E-state index >= 15 is 0 Å². The molecule has 0 aliphatic heterocycles. The number of hydrogen-bond donors (Lipinski definition) is 1. The van der Waals surface area contributed by atoms with E-state index in [-0.39, 0.29) is 23.3 Å². The van der Waals surface area contributed by atoms with E-state index in [0.717, 1.165) is 31.4 Å². The Labute approximate surface area is 200 Å². The van der Waals surface area contributed by atoms with Gasteiger partial charge in [-0.3, -0.25) is 15.1 Å².